The molecule has 1 aliphatic rings. The van der Waals surface area contributed by atoms with Crippen LogP contribution < -0.4 is 0 Å². The minimum Gasteiger partial charge on any atom is -0.442 e. The van der Waals surface area contributed by atoms with Gasteiger partial charge in [-0.1, -0.05) is 33.1 Å². The molecule has 1 rings (SSSR count). The molecule has 0 bridgehead atoms. The van der Waals surface area contributed by atoms with Gasteiger partial charge in [0.15, 0.2) is 0 Å². The van der Waals surface area contributed by atoms with Gasteiger partial charge in [0.2, 0.25) is 0 Å². The Morgan fingerprint density at radius 3 is 1.60 bits per heavy atom. The second-order valence-electron chi connectivity index (χ2n) is 3.72. The van der Waals surface area contributed by atoms with Crippen LogP contribution in [0.25, 0.3) is 0 Å². The summed E-state index contributed by atoms with van der Waals surface area (Å²) in [6, 6.07) is 0. The molecule has 0 spiro atoms. The second-order valence-corrected chi connectivity index (χ2v) is 3.72. The third kappa shape index (κ3) is 4.07. The molecular weight excluding hydrogens is 140 g/mol. The number of hydrogen-bond acceptors (Lipinski definition) is 1. The molecule has 1 fully saturated rings. The van der Waals surface area contributed by atoms with Gasteiger partial charge in [-0.3, -0.25) is 0 Å². The molecule has 0 aromatic rings. The maximum Gasteiger partial charge on any atom is 0.141 e. The Morgan fingerprint density at radius 2 is 1.40 bits per heavy atom. The van der Waals surface area contributed by atoms with E-state index in [0.717, 1.165) is 0 Å². The van der Waals surface area contributed by atoms with Crippen molar-refractivity contribution in [1.82, 2.24) is 0 Å². The van der Waals surface area contributed by atoms with Gasteiger partial charge >= 0.3 is 0 Å². The fraction of sp³-hybridized carbons (Fsp3) is 1.00. The zero-order valence-corrected chi connectivity index (χ0v) is 9.48. The molecule has 0 aromatic heterocycles. The molecule has 1 nitrogen and oxygen atoms in total. The van der Waals surface area contributed by atoms with Crippen LogP contribution in [0.2, 0.25) is 0 Å². The summed E-state index contributed by atoms with van der Waals surface area (Å²) in [4.78, 5) is 7.14. The van der Waals surface area contributed by atoms with Crippen LogP contribution in [0.5, 0.6) is 0 Å². The van der Waals surface area contributed by atoms with Crippen molar-refractivity contribution in [3.63, 3.8) is 0 Å². The van der Waals surface area contributed by atoms with Gasteiger partial charge in [-0.25, -0.2) is 0 Å². The highest BCUT2D eigenvalue weighted by Gasteiger charge is 2.19. The molecule has 0 atom stereocenters. The Balaban J connectivity index is 0.000000371. The van der Waals surface area contributed by atoms with Gasteiger partial charge in [-0.05, 0) is 18.3 Å². The summed E-state index contributed by atoms with van der Waals surface area (Å²) in [5.74, 6) is 0. The summed E-state index contributed by atoms with van der Waals surface area (Å²) in [5.41, 5.74) is 0.679. The lowest BCUT2D eigenvalue weighted by atomic mass is 9.78. The summed E-state index contributed by atoms with van der Waals surface area (Å²) >= 11 is 0. The summed E-state index contributed by atoms with van der Waals surface area (Å²) < 4.78 is 0. The predicted octanol–water partition coefficient (Wildman–Crippen LogP) is 1.24. The van der Waals surface area contributed by atoms with Crippen molar-refractivity contribution < 1.29 is 4.80 Å². The zero-order chi connectivity index (χ0) is 8.04. The summed E-state index contributed by atoms with van der Waals surface area (Å²) in [5, 5.41) is 0. The minimum absolute atomic E-state index is 0.306. The number of rotatable bonds is 0. The molecule has 1 aliphatic carbocycles. The monoisotopic (exact) mass is 160 g/mol. The molecule has 10 heavy (non-hydrogen) atoms. The van der Waals surface area contributed by atoms with E-state index in [0.29, 0.717) is 15.9 Å². The molecule has 0 aromatic carbocycles. The average molecular weight is 160 g/mol. The molecule has 0 amide bonds. The third-order valence-corrected chi connectivity index (χ3v) is 2.21. The topological polar surface area (TPSA) is 20.2 Å². The largest absolute Gasteiger partial charge is 0.442 e. The van der Waals surface area contributed by atoms with Crippen molar-refractivity contribution in [2.24, 2.45) is 5.41 Å². The maximum atomic E-state index is 7.14. The summed E-state index contributed by atoms with van der Waals surface area (Å²) in [6.45, 7) is 4.76. The lowest BCUT2D eigenvalue weighted by molar-refractivity contribution is 0.244. The van der Waals surface area contributed by atoms with E-state index >= 15 is 0 Å². The van der Waals surface area contributed by atoms with Crippen LogP contribution in [0.1, 0.15) is 46.0 Å². The molecule has 1 N–H and O–H groups in total. The van der Waals surface area contributed by atoms with E-state index in [2.05, 4.69) is 13.8 Å². The van der Waals surface area contributed by atoms with Crippen LogP contribution in [0, 0.1) is 5.41 Å². The molecule has 0 saturated heterocycles. The molecule has 1 saturated carbocycles. The van der Waals surface area contributed by atoms with Gasteiger partial charge in [-0.15, -0.1) is 0 Å². The maximum absolute atomic E-state index is 7.14. The molecule has 0 aliphatic heterocycles. The smallest absolute Gasteiger partial charge is 0.141 e. The van der Waals surface area contributed by atoms with Gasteiger partial charge < -0.3 is 4.80 Å². The molecule has 0 radical (unpaired) electrons. The van der Waals surface area contributed by atoms with Crippen LogP contribution in [0.15, 0.2) is 0 Å². The van der Waals surface area contributed by atoms with E-state index in [1.54, 1.807) is 0 Å². The van der Waals surface area contributed by atoms with Crippen molar-refractivity contribution in [2.45, 2.75) is 46.0 Å². The zero-order valence-electron chi connectivity index (χ0n) is 7.48. The SMILES string of the molecule is CC1(C)CCCCC1.O[SiH3]. The Morgan fingerprint density at radius 1 is 1.00 bits per heavy atom. The van der Waals surface area contributed by atoms with E-state index in [1.165, 1.54) is 32.1 Å². The van der Waals surface area contributed by atoms with Crippen molar-refractivity contribution in [3.8, 4) is 0 Å². The van der Waals surface area contributed by atoms with Crippen LogP contribution >= 0.6 is 0 Å². The lowest BCUT2D eigenvalue weighted by Gasteiger charge is -2.28. The highest BCUT2D eigenvalue weighted by Crippen LogP contribution is 2.34. The first kappa shape index (κ1) is 10.2. The van der Waals surface area contributed by atoms with E-state index in [4.69, 9.17) is 4.80 Å². The van der Waals surface area contributed by atoms with E-state index in [9.17, 15) is 0 Å². The summed E-state index contributed by atoms with van der Waals surface area (Å²) in [6.07, 6.45) is 7.31. The summed E-state index contributed by atoms with van der Waals surface area (Å²) in [7, 11) is 0.306. The standard InChI is InChI=1S/C8H16.H4OSi/c1-8(2)6-4-3-5-7-8;1-2/h3-7H2,1-2H3;1H,2H3. The fourth-order valence-electron chi connectivity index (χ4n) is 1.51. The van der Waals surface area contributed by atoms with Crippen LogP contribution in [-0.2, 0) is 0 Å². The molecule has 0 heterocycles. The molecular formula is C8H20OSi. The van der Waals surface area contributed by atoms with Crippen molar-refractivity contribution in [2.75, 3.05) is 0 Å². The van der Waals surface area contributed by atoms with Gasteiger partial charge in [0.1, 0.15) is 10.5 Å². The Bertz CT molecular complexity index is 73.3. The second kappa shape index (κ2) is 4.91. The minimum atomic E-state index is 0.306. The van der Waals surface area contributed by atoms with Crippen molar-refractivity contribution in [3.05, 3.63) is 0 Å². The Kier molecular flexibility index (Phi) is 5.00. The first-order chi connectivity index (χ1) is 4.71. The average Bonchev–Trinajstić information content (AvgIpc) is 1.92. The molecule has 0 unspecified atom stereocenters. The highest BCUT2D eigenvalue weighted by atomic mass is 28.2. The molecule has 2 heteroatoms. The normalized spacial score (nSPS) is 23.1. The lowest BCUT2D eigenvalue weighted by Crippen LogP contribution is -2.14. The van der Waals surface area contributed by atoms with E-state index in [1.807, 2.05) is 0 Å². The van der Waals surface area contributed by atoms with Crippen LogP contribution in [0.4, 0.5) is 0 Å². The van der Waals surface area contributed by atoms with Gasteiger partial charge in [0.05, 0.1) is 0 Å². The van der Waals surface area contributed by atoms with Crippen LogP contribution in [-0.4, -0.2) is 15.3 Å². The van der Waals surface area contributed by atoms with Crippen LogP contribution in [0.3, 0.4) is 0 Å². The molecule has 62 valence electrons. The fourth-order valence-corrected chi connectivity index (χ4v) is 1.51. The first-order valence-corrected chi connectivity index (χ1v) is 5.05. The quantitative estimate of drug-likeness (QED) is 0.529. The van der Waals surface area contributed by atoms with Crippen molar-refractivity contribution in [1.29, 1.82) is 0 Å². The predicted molar refractivity (Wildman–Crippen MR) is 49.0 cm³/mol. The van der Waals surface area contributed by atoms with E-state index in [-0.39, 0.29) is 0 Å². The van der Waals surface area contributed by atoms with Gasteiger partial charge in [0, 0.05) is 0 Å². The number of hydrogen-bond donors (Lipinski definition) is 1. The highest BCUT2D eigenvalue weighted by molar-refractivity contribution is 5.95. The Labute approximate surface area is 67.4 Å². The van der Waals surface area contributed by atoms with Gasteiger partial charge in [-0.2, -0.15) is 0 Å². The van der Waals surface area contributed by atoms with E-state index < -0.39 is 0 Å². The Hall–Kier alpha value is 0.177. The van der Waals surface area contributed by atoms with Crippen molar-refractivity contribution >= 4 is 10.5 Å². The third-order valence-electron chi connectivity index (χ3n) is 2.21. The van der Waals surface area contributed by atoms with Gasteiger partial charge in [0.25, 0.3) is 0 Å². The first-order valence-electron chi connectivity index (χ1n) is 4.15.